The molecule has 0 unspecified atom stereocenters. The minimum atomic E-state index is -3.70. The van der Waals surface area contributed by atoms with Gasteiger partial charge >= 0.3 is 0 Å². The smallest absolute Gasteiger partial charge is 0.245 e. The molecular weight excluding hydrogens is 408 g/mol. The number of hydrogen-bond donors (Lipinski definition) is 0. The number of rotatable bonds is 4. The summed E-state index contributed by atoms with van der Waals surface area (Å²) >= 11 is 0.999. The zero-order chi connectivity index (χ0) is 20.6. The third kappa shape index (κ3) is 3.54. The predicted octanol–water partition coefficient (Wildman–Crippen LogP) is 2.50. The fourth-order valence-electron chi connectivity index (χ4n) is 3.63. The SMILES string of the molecule is CC(C)(C(=O)N1CCN(S(=O)(=O)c2cccc3nsnc23)CC1)c1ccccc1. The molecule has 0 saturated carbocycles. The summed E-state index contributed by atoms with van der Waals surface area (Å²) in [6, 6.07) is 14.6. The van der Waals surface area contributed by atoms with E-state index in [1.165, 1.54) is 4.31 Å². The maximum atomic E-state index is 13.2. The van der Waals surface area contributed by atoms with Crippen LogP contribution in [0.1, 0.15) is 19.4 Å². The number of hydrogen-bond acceptors (Lipinski definition) is 6. The van der Waals surface area contributed by atoms with E-state index in [-0.39, 0.29) is 23.9 Å². The molecule has 29 heavy (non-hydrogen) atoms. The van der Waals surface area contributed by atoms with Gasteiger partial charge in [-0.3, -0.25) is 4.79 Å². The zero-order valence-electron chi connectivity index (χ0n) is 16.3. The molecule has 1 fully saturated rings. The first-order valence-electron chi connectivity index (χ1n) is 9.38. The molecule has 152 valence electrons. The van der Waals surface area contributed by atoms with Crippen molar-refractivity contribution in [1.29, 1.82) is 0 Å². The van der Waals surface area contributed by atoms with Gasteiger partial charge in [-0.15, -0.1) is 0 Å². The fourth-order valence-corrected chi connectivity index (χ4v) is 5.81. The van der Waals surface area contributed by atoms with Gasteiger partial charge in [0.15, 0.2) is 0 Å². The van der Waals surface area contributed by atoms with E-state index in [4.69, 9.17) is 0 Å². The molecule has 0 N–H and O–H groups in total. The van der Waals surface area contributed by atoms with Gasteiger partial charge in [0.1, 0.15) is 15.9 Å². The van der Waals surface area contributed by atoms with Crippen LogP contribution in [0.25, 0.3) is 11.0 Å². The van der Waals surface area contributed by atoms with Crippen LogP contribution in [0.3, 0.4) is 0 Å². The quantitative estimate of drug-likeness (QED) is 0.635. The topological polar surface area (TPSA) is 83.5 Å². The second kappa shape index (κ2) is 7.47. The Bertz CT molecular complexity index is 1130. The lowest BCUT2D eigenvalue weighted by molar-refractivity contribution is -0.137. The molecule has 1 aliphatic rings. The third-order valence-corrected chi connectivity index (χ3v) is 7.90. The van der Waals surface area contributed by atoms with Crippen molar-refractivity contribution in [3.8, 4) is 0 Å². The van der Waals surface area contributed by atoms with E-state index >= 15 is 0 Å². The molecule has 1 amide bonds. The summed E-state index contributed by atoms with van der Waals surface area (Å²) < 4.78 is 36.0. The maximum Gasteiger partial charge on any atom is 0.245 e. The molecule has 4 rings (SSSR count). The molecule has 0 atom stereocenters. The first kappa shape index (κ1) is 19.9. The van der Waals surface area contributed by atoms with Crippen LogP contribution >= 0.6 is 11.7 Å². The van der Waals surface area contributed by atoms with Crippen molar-refractivity contribution in [2.24, 2.45) is 0 Å². The number of carbonyl (C=O) groups is 1. The van der Waals surface area contributed by atoms with Crippen LogP contribution in [-0.4, -0.2) is 58.5 Å². The molecular formula is C20H22N4O3S2. The monoisotopic (exact) mass is 430 g/mol. The van der Waals surface area contributed by atoms with E-state index in [0.717, 1.165) is 17.3 Å². The van der Waals surface area contributed by atoms with Crippen LogP contribution in [0.4, 0.5) is 0 Å². The molecule has 0 bridgehead atoms. The van der Waals surface area contributed by atoms with Gasteiger partial charge in [-0.25, -0.2) is 8.42 Å². The lowest BCUT2D eigenvalue weighted by Gasteiger charge is -2.38. The summed E-state index contributed by atoms with van der Waals surface area (Å²) in [5.74, 6) is 0.00607. The zero-order valence-corrected chi connectivity index (χ0v) is 17.9. The van der Waals surface area contributed by atoms with Gasteiger partial charge in [-0.2, -0.15) is 13.1 Å². The lowest BCUT2D eigenvalue weighted by atomic mass is 9.83. The molecule has 1 saturated heterocycles. The summed E-state index contributed by atoms with van der Waals surface area (Å²) in [4.78, 5) is 15.1. The van der Waals surface area contributed by atoms with Crippen molar-refractivity contribution >= 4 is 38.7 Å². The van der Waals surface area contributed by atoms with Crippen molar-refractivity contribution in [3.05, 3.63) is 54.1 Å². The van der Waals surface area contributed by atoms with E-state index < -0.39 is 15.4 Å². The standard InChI is InChI=1S/C20H22N4O3S2/c1-20(2,15-7-4-3-5-8-15)19(25)23-11-13-24(14-12-23)29(26,27)17-10-6-9-16-18(17)22-28-21-16/h3-10H,11-14H2,1-2H3. The van der Waals surface area contributed by atoms with Crippen LogP contribution in [0, 0.1) is 0 Å². The van der Waals surface area contributed by atoms with Crippen molar-refractivity contribution < 1.29 is 13.2 Å². The Morgan fingerprint density at radius 3 is 2.34 bits per heavy atom. The van der Waals surface area contributed by atoms with Crippen molar-refractivity contribution in [2.45, 2.75) is 24.2 Å². The number of carbonyl (C=O) groups excluding carboxylic acids is 1. The second-order valence-corrected chi connectivity index (χ2v) is 10.0. The lowest BCUT2D eigenvalue weighted by Crippen LogP contribution is -2.54. The first-order valence-corrected chi connectivity index (χ1v) is 11.6. The highest BCUT2D eigenvalue weighted by molar-refractivity contribution is 7.89. The van der Waals surface area contributed by atoms with Crippen LogP contribution < -0.4 is 0 Å². The van der Waals surface area contributed by atoms with Crippen LogP contribution in [0.15, 0.2) is 53.4 Å². The molecule has 9 heteroatoms. The fraction of sp³-hybridized carbons (Fsp3) is 0.350. The van der Waals surface area contributed by atoms with Gasteiger partial charge in [0.05, 0.1) is 17.1 Å². The number of fused-ring (bicyclic) bond motifs is 1. The number of aromatic nitrogens is 2. The second-order valence-electron chi connectivity index (χ2n) is 7.58. The van der Waals surface area contributed by atoms with Gasteiger partial charge in [0, 0.05) is 26.2 Å². The Labute approximate surface area is 174 Å². The number of nitrogens with zero attached hydrogens (tertiary/aromatic N) is 4. The number of piperazine rings is 1. The Hall–Kier alpha value is -2.36. The minimum Gasteiger partial charge on any atom is -0.339 e. The van der Waals surface area contributed by atoms with Gasteiger partial charge in [-0.05, 0) is 31.5 Å². The van der Waals surface area contributed by atoms with Gasteiger partial charge in [0.2, 0.25) is 15.9 Å². The van der Waals surface area contributed by atoms with Crippen molar-refractivity contribution in [1.82, 2.24) is 18.0 Å². The summed E-state index contributed by atoms with van der Waals surface area (Å²) in [6.45, 7) is 5.05. The number of amides is 1. The average molecular weight is 431 g/mol. The van der Waals surface area contributed by atoms with E-state index in [1.807, 2.05) is 44.2 Å². The van der Waals surface area contributed by atoms with E-state index in [9.17, 15) is 13.2 Å². The van der Waals surface area contributed by atoms with Crippen LogP contribution in [-0.2, 0) is 20.2 Å². The summed E-state index contributed by atoms with van der Waals surface area (Å²) in [5.41, 5.74) is 1.26. The molecule has 1 aromatic heterocycles. The maximum absolute atomic E-state index is 13.2. The molecule has 3 aromatic rings. The average Bonchev–Trinajstić information content (AvgIpc) is 3.22. The van der Waals surface area contributed by atoms with Crippen molar-refractivity contribution in [3.63, 3.8) is 0 Å². The number of sulfonamides is 1. The summed E-state index contributed by atoms with van der Waals surface area (Å²) in [5, 5.41) is 0. The van der Waals surface area contributed by atoms with Gasteiger partial charge in [0.25, 0.3) is 0 Å². The van der Waals surface area contributed by atoms with Crippen LogP contribution in [0.2, 0.25) is 0 Å². The van der Waals surface area contributed by atoms with Gasteiger partial charge < -0.3 is 4.90 Å². The summed E-state index contributed by atoms with van der Waals surface area (Å²) in [6.07, 6.45) is 0. The molecule has 2 heterocycles. The largest absolute Gasteiger partial charge is 0.339 e. The normalized spacial score (nSPS) is 16.3. The van der Waals surface area contributed by atoms with E-state index in [2.05, 4.69) is 8.75 Å². The molecule has 0 aliphatic carbocycles. The molecule has 2 aromatic carbocycles. The highest BCUT2D eigenvalue weighted by atomic mass is 32.2. The Morgan fingerprint density at radius 2 is 1.66 bits per heavy atom. The first-order chi connectivity index (χ1) is 13.8. The van der Waals surface area contributed by atoms with Crippen LogP contribution in [0.5, 0.6) is 0 Å². The Morgan fingerprint density at radius 1 is 0.966 bits per heavy atom. The Kier molecular flexibility index (Phi) is 5.14. The highest BCUT2D eigenvalue weighted by Crippen LogP contribution is 2.28. The molecule has 0 radical (unpaired) electrons. The number of benzene rings is 2. The predicted molar refractivity (Wildman–Crippen MR) is 112 cm³/mol. The van der Waals surface area contributed by atoms with E-state index in [1.54, 1.807) is 23.1 Å². The summed E-state index contributed by atoms with van der Waals surface area (Å²) in [7, 11) is -3.70. The minimum absolute atomic E-state index is 0.00607. The molecule has 0 spiro atoms. The molecule has 1 aliphatic heterocycles. The van der Waals surface area contributed by atoms with E-state index in [0.29, 0.717) is 24.1 Å². The Balaban J connectivity index is 1.51. The molecule has 7 nitrogen and oxygen atoms in total. The highest BCUT2D eigenvalue weighted by Gasteiger charge is 2.37. The van der Waals surface area contributed by atoms with Crippen molar-refractivity contribution in [2.75, 3.05) is 26.2 Å². The van der Waals surface area contributed by atoms with Gasteiger partial charge in [-0.1, -0.05) is 36.4 Å². The third-order valence-electron chi connectivity index (χ3n) is 5.42.